The molecule has 0 rings (SSSR count). The lowest BCUT2D eigenvalue weighted by Crippen LogP contribution is -2.50. The first-order valence-corrected chi connectivity index (χ1v) is 12.2. The van der Waals surface area contributed by atoms with Gasteiger partial charge in [0.15, 0.2) is 14.1 Å². The van der Waals surface area contributed by atoms with Gasteiger partial charge in [0.1, 0.15) is 18.1 Å². The number of ketones is 1. The Labute approximate surface area is 164 Å². The van der Waals surface area contributed by atoms with Gasteiger partial charge in [-0.3, -0.25) is 9.59 Å². The van der Waals surface area contributed by atoms with Gasteiger partial charge in [0.05, 0.1) is 12.7 Å². The van der Waals surface area contributed by atoms with E-state index < -0.39 is 44.2 Å². The summed E-state index contributed by atoms with van der Waals surface area (Å²) in [4.78, 5) is 36.5. The van der Waals surface area contributed by atoms with Gasteiger partial charge in [0, 0.05) is 0 Å². The highest BCUT2D eigenvalue weighted by molar-refractivity contribution is 6.74. The molecule has 0 radical (unpaired) electrons. The van der Waals surface area contributed by atoms with E-state index in [-0.39, 0.29) is 17.7 Å². The van der Waals surface area contributed by atoms with E-state index in [1.54, 1.807) is 34.6 Å². The molecule has 27 heavy (non-hydrogen) atoms. The van der Waals surface area contributed by atoms with Crippen molar-refractivity contribution in [2.24, 2.45) is 0 Å². The number of ether oxygens (including phenoxy) is 2. The summed E-state index contributed by atoms with van der Waals surface area (Å²) < 4.78 is 16.3. The van der Waals surface area contributed by atoms with Crippen LogP contribution in [0, 0.1) is 0 Å². The normalized spacial score (nSPS) is 13.9. The van der Waals surface area contributed by atoms with Crippen LogP contribution in [0.3, 0.4) is 0 Å². The second-order valence-electron chi connectivity index (χ2n) is 9.45. The number of esters is 1. The van der Waals surface area contributed by atoms with E-state index in [1.165, 1.54) is 0 Å². The summed E-state index contributed by atoms with van der Waals surface area (Å²) in [5.41, 5.74) is -0.700. The Morgan fingerprint density at radius 3 is 1.93 bits per heavy atom. The molecule has 0 saturated heterocycles. The molecule has 7 nitrogen and oxygen atoms in total. The molecule has 1 N–H and O–H groups in total. The van der Waals surface area contributed by atoms with Crippen LogP contribution in [0.5, 0.6) is 0 Å². The highest BCUT2D eigenvalue weighted by Crippen LogP contribution is 2.36. The quantitative estimate of drug-likeness (QED) is 0.376. The molecule has 0 fully saturated rings. The van der Waals surface area contributed by atoms with Gasteiger partial charge in [-0.15, -0.1) is 0 Å². The second-order valence-corrected chi connectivity index (χ2v) is 14.3. The van der Waals surface area contributed by atoms with E-state index in [0.29, 0.717) is 0 Å². The predicted molar refractivity (Wildman–Crippen MR) is 107 cm³/mol. The van der Waals surface area contributed by atoms with Gasteiger partial charge in [-0.05, 0) is 52.8 Å². The van der Waals surface area contributed by atoms with Crippen LogP contribution in [-0.4, -0.2) is 50.5 Å². The fraction of sp³-hybridized carbons (Fsp3) is 0.842. The summed E-state index contributed by atoms with van der Waals surface area (Å²) in [5, 5.41) is 2.48. The number of Topliss-reactive ketones (excluding diaryl/α,β-unsaturated/α-hetero) is 1. The van der Waals surface area contributed by atoms with Gasteiger partial charge in [-0.2, -0.15) is 0 Å². The van der Waals surface area contributed by atoms with Gasteiger partial charge in [-0.25, -0.2) is 4.79 Å². The van der Waals surface area contributed by atoms with Crippen molar-refractivity contribution in [3.05, 3.63) is 0 Å². The van der Waals surface area contributed by atoms with Crippen LogP contribution in [0.2, 0.25) is 18.1 Å². The SMILES string of the molecule is CC(C)OC(=O)CC(=O)[C@H](CO[Si](C)(C)C(C)(C)C)NC(=O)OC(C)(C)C. The highest BCUT2D eigenvalue weighted by Gasteiger charge is 2.38. The molecular weight excluding hydrogens is 366 g/mol. The third-order valence-electron chi connectivity index (χ3n) is 4.18. The third kappa shape index (κ3) is 10.5. The molecule has 0 aliphatic rings. The molecule has 158 valence electrons. The summed E-state index contributed by atoms with van der Waals surface area (Å²) >= 11 is 0. The molecule has 0 saturated carbocycles. The second kappa shape index (κ2) is 9.68. The minimum atomic E-state index is -2.14. The monoisotopic (exact) mass is 403 g/mol. The van der Waals surface area contributed by atoms with Crippen LogP contribution in [0.15, 0.2) is 0 Å². The number of hydrogen-bond donors (Lipinski definition) is 1. The molecule has 0 unspecified atom stereocenters. The van der Waals surface area contributed by atoms with Crippen molar-refractivity contribution < 1.29 is 28.3 Å². The maximum absolute atomic E-state index is 12.6. The molecular formula is C19H37NO6Si. The minimum absolute atomic E-state index is 0.0104. The molecule has 0 bridgehead atoms. The molecule has 0 aromatic rings. The molecule has 0 aromatic carbocycles. The summed E-state index contributed by atoms with van der Waals surface area (Å²) in [6.07, 6.45) is -1.47. The zero-order chi connectivity index (χ0) is 21.6. The Morgan fingerprint density at radius 1 is 1.00 bits per heavy atom. The number of nitrogens with one attached hydrogen (secondary N) is 1. The topological polar surface area (TPSA) is 90.9 Å². The Morgan fingerprint density at radius 2 is 1.52 bits per heavy atom. The van der Waals surface area contributed by atoms with Gasteiger partial charge in [-0.1, -0.05) is 20.8 Å². The fourth-order valence-corrected chi connectivity index (χ4v) is 2.76. The van der Waals surface area contributed by atoms with Crippen LogP contribution in [0.1, 0.15) is 61.8 Å². The lowest BCUT2D eigenvalue weighted by molar-refractivity contribution is -0.149. The van der Waals surface area contributed by atoms with Crippen molar-refractivity contribution in [2.75, 3.05) is 6.61 Å². The molecule has 0 aromatic heterocycles. The third-order valence-corrected chi connectivity index (χ3v) is 8.68. The van der Waals surface area contributed by atoms with E-state index >= 15 is 0 Å². The predicted octanol–water partition coefficient (Wildman–Crippen LogP) is 3.81. The van der Waals surface area contributed by atoms with Crippen molar-refractivity contribution in [2.45, 2.75) is 97.7 Å². The summed E-state index contributed by atoms with van der Waals surface area (Å²) in [5.74, 6) is -1.09. The van der Waals surface area contributed by atoms with Gasteiger partial charge < -0.3 is 19.2 Å². The Kier molecular flexibility index (Phi) is 9.18. The number of carbonyl (C=O) groups is 3. The van der Waals surface area contributed by atoms with Crippen molar-refractivity contribution in [3.8, 4) is 0 Å². The summed E-state index contributed by atoms with van der Waals surface area (Å²) in [6.45, 7) is 18.9. The molecule has 0 spiro atoms. The van der Waals surface area contributed by atoms with Crippen molar-refractivity contribution >= 4 is 26.2 Å². The van der Waals surface area contributed by atoms with Crippen LogP contribution in [-0.2, 0) is 23.5 Å². The van der Waals surface area contributed by atoms with E-state index in [2.05, 4.69) is 39.2 Å². The van der Waals surface area contributed by atoms with E-state index in [1.807, 2.05) is 0 Å². The minimum Gasteiger partial charge on any atom is -0.463 e. The van der Waals surface area contributed by atoms with Gasteiger partial charge in [0.2, 0.25) is 0 Å². The van der Waals surface area contributed by atoms with Gasteiger partial charge in [0.25, 0.3) is 0 Å². The molecule has 1 atom stereocenters. The largest absolute Gasteiger partial charge is 0.463 e. The van der Waals surface area contributed by atoms with Crippen LogP contribution in [0.4, 0.5) is 4.79 Å². The van der Waals surface area contributed by atoms with Gasteiger partial charge >= 0.3 is 12.1 Å². The highest BCUT2D eigenvalue weighted by atomic mass is 28.4. The maximum Gasteiger partial charge on any atom is 0.408 e. The summed E-state index contributed by atoms with van der Waals surface area (Å²) in [6, 6.07) is -0.978. The lowest BCUT2D eigenvalue weighted by atomic mass is 10.1. The first-order chi connectivity index (χ1) is 11.9. The maximum atomic E-state index is 12.6. The van der Waals surface area contributed by atoms with Crippen molar-refractivity contribution in [3.63, 3.8) is 0 Å². The molecule has 0 aliphatic heterocycles. The van der Waals surface area contributed by atoms with Crippen molar-refractivity contribution in [1.82, 2.24) is 5.32 Å². The lowest BCUT2D eigenvalue weighted by Gasteiger charge is -2.37. The zero-order valence-corrected chi connectivity index (χ0v) is 19.5. The Hall–Kier alpha value is -1.41. The van der Waals surface area contributed by atoms with Crippen LogP contribution in [0.25, 0.3) is 0 Å². The van der Waals surface area contributed by atoms with E-state index in [9.17, 15) is 14.4 Å². The zero-order valence-electron chi connectivity index (χ0n) is 18.5. The number of rotatable bonds is 8. The number of hydrogen-bond acceptors (Lipinski definition) is 6. The van der Waals surface area contributed by atoms with Crippen LogP contribution >= 0.6 is 0 Å². The Balaban J connectivity index is 5.17. The Bertz CT molecular complexity index is 531. The fourth-order valence-electron chi connectivity index (χ4n) is 1.74. The van der Waals surface area contributed by atoms with Crippen LogP contribution < -0.4 is 5.32 Å². The molecule has 1 amide bonds. The smallest absolute Gasteiger partial charge is 0.408 e. The molecule has 8 heteroatoms. The number of amides is 1. The number of alkyl carbamates (subject to hydrolysis) is 1. The van der Waals surface area contributed by atoms with Crippen molar-refractivity contribution in [1.29, 1.82) is 0 Å². The average Bonchev–Trinajstić information content (AvgIpc) is 2.38. The molecule has 0 heterocycles. The average molecular weight is 404 g/mol. The van der Waals surface area contributed by atoms with E-state index in [0.717, 1.165) is 0 Å². The summed E-state index contributed by atoms with van der Waals surface area (Å²) in [7, 11) is -2.14. The first kappa shape index (κ1) is 25.6. The number of carbonyl (C=O) groups excluding carboxylic acids is 3. The van der Waals surface area contributed by atoms with E-state index in [4.69, 9.17) is 13.9 Å². The standard InChI is InChI=1S/C19H37NO6Si/c1-13(2)25-16(22)11-15(21)14(20-17(23)26-18(3,4)5)12-24-27(9,10)19(6,7)8/h13-14H,11-12H2,1-10H3,(H,20,23)/t14-/m0/s1. The molecule has 0 aliphatic carbocycles. The first-order valence-electron chi connectivity index (χ1n) is 9.30.